The van der Waals surface area contributed by atoms with Crippen LogP contribution in [0.1, 0.15) is 10.4 Å². The Bertz CT molecular complexity index is 847. The molecule has 2 heterocycles. The first-order valence-electron chi connectivity index (χ1n) is 5.98. The highest BCUT2D eigenvalue weighted by Crippen LogP contribution is 2.25. The van der Waals surface area contributed by atoms with E-state index in [0.29, 0.717) is 27.1 Å². The van der Waals surface area contributed by atoms with Gasteiger partial charge in [0.25, 0.3) is 0 Å². The third-order valence-electron chi connectivity index (χ3n) is 3.00. The number of halogens is 2. The Balaban J connectivity index is 2.20. The zero-order chi connectivity index (χ0) is 15.0. The minimum Gasteiger partial charge on any atom is -0.465 e. The van der Waals surface area contributed by atoms with Crippen LogP contribution >= 0.6 is 15.9 Å². The smallest absolute Gasteiger partial charge is 0.339 e. The van der Waals surface area contributed by atoms with E-state index in [1.54, 1.807) is 28.7 Å². The second-order valence-corrected chi connectivity index (χ2v) is 5.20. The Hall–Kier alpha value is -2.28. The number of hydrogen-bond acceptors (Lipinski definition) is 4. The van der Waals surface area contributed by atoms with Gasteiger partial charge in [-0.3, -0.25) is 4.40 Å². The van der Waals surface area contributed by atoms with Gasteiger partial charge in [-0.25, -0.2) is 9.18 Å². The Labute approximate surface area is 127 Å². The average Bonchev–Trinajstić information content (AvgIpc) is 2.89. The molecule has 0 saturated heterocycles. The van der Waals surface area contributed by atoms with Crippen molar-refractivity contribution in [3.8, 4) is 11.4 Å². The van der Waals surface area contributed by atoms with Crippen LogP contribution in [0.15, 0.2) is 41.0 Å². The van der Waals surface area contributed by atoms with E-state index in [1.807, 2.05) is 0 Å². The van der Waals surface area contributed by atoms with Crippen molar-refractivity contribution in [1.82, 2.24) is 14.6 Å². The maximum Gasteiger partial charge on any atom is 0.339 e. The van der Waals surface area contributed by atoms with Crippen molar-refractivity contribution >= 4 is 27.5 Å². The van der Waals surface area contributed by atoms with E-state index in [4.69, 9.17) is 0 Å². The lowest BCUT2D eigenvalue weighted by Crippen LogP contribution is -2.03. The zero-order valence-electron chi connectivity index (χ0n) is 10.9. The lowest BCUT2D eigenvalue weighted by Gasteiger charge is -2.04. The first kappa shape index (κ1) is 13.7. The third kappa shape index (κ3) is 2.40. The van der Waals surface area contributed by atoms with Crippen molar-refractivity contribution in [2.24, 2.45) is 0 Å². The van der Waals surface area contributed by atoms with Crippen molar-refractivity contribution in [1.29, 1.82) is 0 Å². The largest absolute Gasteiger partial charge is 0.465 e. The summed E-state index contributed by atoms with van der Waals surface area (Å²) in [5, 5.41) is 7.96. The molecular weight excluding hydrogens is 341 g/mol. The molecule has 0 aliphatic rings. The summed E-state index contributed by atoms with van der Waals surface area (Å²) in [7, 11) is 1.30. The quantitative estimate of drug-likeness (QED) is 0.667. The van der Waals surface area contributed by atoms with Gasteiger partial charge in [0.05, 0.1) is 18.2 Å². The number of carbonyl (C=O) groups is 1. The molecule has 0 aliphatic heterocycles. The Kier molecular flexibility index (Phi) is 3.42. The lowest BCUT2D eigenvalue weighted by atomic mass is 10.2. The molecule has 3 rings (SSSR count). The maximum atomic E-state index is 14.1. The molecule has 5 nitrogen and oxygen atoms in total. The molecule has 7 heteroatoms. The second kappa shape index (κ2) is 5.25. The fourth-order valence-corrected chi connectivity index (χ4v) is 2.32. The van der Waals surface area contributed by atoms with Crippen molar-refractivity contribution in [3.05, 3.63) is 52.4 Å². The van der Waals surface area contributed by atoms with Crippen LogP contribution in [-0.2, 0) is 4.74 Å². The summed E-state index contributed by atoms with van der Waals surface area (Å²) in [6.45, 7) is 0. The number of hydrogen-bond donors (Lipinski definition) is 0. The van der Waals surface area contributed by atoms with Gasteiger partial charge in [-0.1, -0.05) is 15.9 Å². The van der Waals surface area contributed by atoms with Gasteiger partial charge in [0.1, 0.15) is 5.82 Å². The number of carbonyl (C=O) groups excluding carboxylic acids is 1. The molecule has 2 aromatic heterocycles. The van der Waals surface area contributed by atoms with E-state index in [0.717, 1.165) is 0 Å². The summed E-state index contributed by atoms with van der Waals surface area (Å²) < 4.78 is 20.9. The molecule has 21 heavy (non-hydrogen) atoms. The summed E-state index contributed by atoms with van der Waals surface area (Å²) in [6.07, 6.45) is 1.53. The highest BCUT2D eigenvalue weighted by atomic mass is 79.9. The van der Waals surface area contributed by atoms with E-state index in [2.05, 4.69) is 30.9 Å². The van der Waals surface area contributed by atoms with Gasteiger partial charge in [0, 0.05) is 10.7 Å². The topological polar surface area (TPSA) is 56.5 Å². The molecular formula is C14H9BrFN3O2. The number of nitrogens with zero attached hydrogens (tertiary/aromatic N) is 3. The van der Waals surface area contributed by atoms with Gasteiger partial charge < -0.3 is 4.74 Å². The minimum atomic E-state index is -0.479. The van der Waals surface area contributed by atoms with Crippen molar-refractivity contribution in [3.63, 3.8) is 0 Å². The number of benzene rings is 1. The SMILES string of the molecule is COC(=O)c1ccc2nnc(-c3ccc(Br)cc3F)n2c1. The second-order valence-electron chi connectivity index (χ2n) is 4.29. The maximum absolute atomic E-state index is 14.1. The summed E-state index contributed by atoms with van der Waals surface area (Å²) in [5.41, 5.74) is 1.15. The Morgan fingerprint density at radius 2 is 2.10 bits per heavy atom. The summed E-state index contributed by atoms with van der Waals surface area (Å²) in [4.78, 5) is 11.6. The van der Waals surface area contributed by atoms with Crippen LogP contribution in [0.4, 0.5) is 4.39 Å². The fourth-order valence-electron chi connectivity index (χ4n) is 1.98. The highest BCUT2D eigenvalue weighted by Gasteiger charge is 2.15. The van der Waals surface area contributed by atoms with Crippen LogP contribution in [0, 0.1) is 5.82 Å². The first-order chi connectivity index (χ1) is 10.1. The lowest BCUT2D eigenvalue weighted by molar-refractivity contribution is 0.0600. The number of methoxy groups -OCH3 is 1. The van der Waals surface area contributed by atoms with Gasteiger partial charge in [-0.2, -0.15) is 0 Å². The average molecular weight is 350 g/mol. The van der Waals surface area contributed by atoms with E-state index in [-0.39, 0.29) is 0 Å². The van der Waals surface area contributed by atoms with Crippen LogP contribution in [0.2, 0.25) is 0 Å². The third-order valence-corrected chi connectivity index (χ3v) is 3.49. The van der Waals surface area contributed by atoms with Crippen molar-refractivity contribution < 1.29 is 13.9 Å². The molecule has 0 spiro atoms. The van der Waals surface area contributed by atoms with E-state index >= 15 is 0 Å². The number of fused-ring (bicyclic) bond motifs is 1. The Morgan fingerprint density at radius 3 is 2.81 bits per heavy atom. The number of aromatic nitrogens is 3. The summed E-state index contributed by atoms with van der Waals surface area (Å²) in [5.74, 6) is -0.587. The zero-order valence-corrected chi connectivity index (χ0v) is 12.5. The fraction of sp³-hybridized carbons (Fsp3) is 0.0714. The van der Waals surface area contributed by atoms with Crippen LogP contribution in [-0.4, -0.2) is 27.7 Å². The van der Waals surface area contributed by atoms with Crippen molar-refractivity contribution in [2.75, 3.05) is 7.11 Å². The van der Waals surface area contributed by atoms with Gasteiger partial charge in [0.2, 0.25) is 0 Å². The van der Waals surface area contributed by atoms with Crippen LogP contribution < -0.4 is 0 Å². The molecule has 0 bridgehead atoms. The molecule has 1 aromatic carbocycles. The summed E-state index contributed by atoms with van der Waals surface area (Å²) >= 11 is 3.21. The molecule has 106 valence electrons. The van der Waals surface area contributed by atoms with Gasteiger partial charge in [-0.15, -0.1) is 10.2 Å². The molecule has 0 N–H and O–H groups in total. The van der Waals surface area contributed by atoms with Crippen LogP contribution in [0.3, 0.4) is 0 Å². The molecule has 0 fully saturated rings. The minimum absolute atomic E-state index is 0.299. The predicted molar refractivity (Wildman–Crippen MR) is 77.4 cm³/mol. The van der Waals surface area contributed by atoms with E-state index in [1.165, 1.54) is 19.4 Å². The summed E-state index contributed by atoms with van der Waals surface area (Å²) in [6, 6.07) is 7.86. The van der Waals surface area contributed by atoms with Gasteiger partial charge >= 0.3 is 5.97 Å². The number of pyridine rings is 1. The molecule has 0 saturated carbocycles. The number of ether oxygens (including phenoxy) is 1. The van der Waals surface area contributed by atoms with Crippen LogP contribution in [0.25, 0.3) is 17.0 Å². The van der Waals surface area contributed by atoms with Gasteiger partial charge in [-0.05, 0) is 30.3 Å². The molecule has 0 radical (unpaired) electrons. The number of esters is 1. The molecule has 0 amide bonds. The predicted octanol–water partition coefficient (Wildman–Crippen LogP) is 3.08. The standard InChI is InChI=1S/C14H9BrFN3O2/c1-21-14(20)8-2-5-12-17-18-13(19(12)7-8)10-4-3-9(15)6-11(10)16/h2-7H,1H3. The molecule has 0 atom stereocenters. The number of rotatable bonds is 2. The normalized spacial score (nSPS) is 10.8. The van der Waals surface area contributed by atoms with E-state index < -0.39 is 11.8 Å². The van der Waals surface area contributed by atoms with Crippen LogP contribution in [0.5, 0.6) is 0 Å². The van der Waals surface area contributed by atoms with Gasteiger partial charge in [0.15, 0.2) is 11.5 Å². The Morgan fingerprint density at radius 1 is 1.29 bits per heavy atom. The first-order valence-corrected chi connectivity index (χ1v) is 6.78. The molecule has 3 aromatic rings. The molecule has 0 unspecified atom stereocenters. The highest BCUT2D eigenvalue weighted by molar-refractivity contribution is 9.10. The molecule has 0 aliphatic carbocycles. The monoisotopic (exact) mass is 349 g/mol. The van der Waals surface area contributed by atoms with Crippen molar-refractivity contribution in [2.45, 2.75) is 0 Å². The van der Waals surface area contributed by atoms with E-state index in [9.17, 15) is 9.18 Å².